The number of rotatable bonds is 6. The second kappa shape index (κ2) is 6.71. The molecule has 0 aliphatic carbocycles. The van der Waals surface area contributed by atoms with E-state index >= 15 is 0 Å². The van der Waals surface area contributed by atoms with Crippen molar-refractivity contribution in [2.75, 3.05) is 14.2 Å². The fourth-order valence-corrected chi connectivity index (χ4v) is 1.91. The lowest BCUT2D eigenvalue weighted by atomic mass is 10.2. The summed E-state index contributed by atoms with van der Waals surface area (Å²) in [5, 5.41) is 14.2. The van der Waals surface area contributed by atoms with Crippen molar-refractivity contribution in [1.82, 2.24) is 5.32 Å². The smallest absolute Gasteiger partial charge is 0.315 e. The summed E-state index contributed by atoms with van der Waals surface area (Å²) in [4.78, 5) is 10.7. The molecule has 110 valence electrons. The summed E-state index contributed by atoms with van der Waals surface area (Å²) in [6.07, 6.45) is 0. The Morgan fingerprint density at radius 2 is 1.95 bits per heavy atom. The van der Waals surface area contributed by atoms with E-state index in [0.717, 1.165) is 5.56 Å². The molecule has 0 radical (unpaired) electrons. The molecule has 21 heavy (non-hydrogen) atoms. The van der Waals surface area contributed by atoms with E-state index in [2.05, 4.69) is 5.32 Å². The zero-order chi connectivity index (χ0) is 15.2. The Morgan fingerprint density at radius 1 is 1.19 bits per heavy atom. The molecule has 0 aromatic heterocycles. The van der Waals surface area contributed by atoms with Crippen LogP contribution in [0.25, 0.3) is 0 Å². The van der Waals surface area contributed by atoms with Crippen molar-refractivity contribution in [2.45, 2.75) is 6.54 Å². The van der Waals surface area contributed by atoms with Crippen LogP contribution in [-0.2, 0) is 6.54 Å². The maximum Gasteiger partial charge on any atom is 0.315 e. The molecule has 0 saturated carbocycles. The number of para-hydroxylation sites is 1. The molecule has 0 atom stereocenters. The van der Waals surface area contributed by atoms with E-state index in [-0.39, 0.29) is 11.4 Å². The molecule has 1 N–H and O–H groups in total. The Bertz CT molecular complexity index is 643. The largest absolute Gasteiger partial charge is 0.496 e. The summed E-state index contributed by atoms with van der Waals surface area (Å²) in [5.41, 5.74) is 0.790. The summed E-state index contributed by atoms with van der Waals surface area (Å²) in [7, 11) is 3.29. The minimum atomic E-state index is -0.488. The second-order valence-electron chi connectivity index (χ2n) is 4.33. The van der Waals surface area contributed by atoms with Gasteiger partial charge in [-0.25, -0.2) is 0 Å². The molecule has 0 aliphatic heterocycles. The summed E-state index contributed by atoms with van der Waals surface area (Å²) in [6.45, 7) is 0.611. The maximum absolute atomic E-state index is 11.1. The second-order valence-corrected chi connectivity index (χ2v) is 4.33. The average molecular weight is 288 g/mol. The van der Waals surface area contributed by atoms with Crippen LogP contribution in [0.2, 0.25) is 0 Å². The summed E-state index contributed by atoms with van der Waals surface area (Å²) in [6, 6.07) is 11.9. The predicted molar refractivity (Wildman–Crippen MR) is 78.9 cm³/mol. The number of nitrogens with one attached hydrogen (secondary N) is 1. The van der Waals surface area contributed by atoms with E-state index in [4.69, 9.17) is 9.47 Å². The number of nitro groups is 1. The molecule has 2 aromatic rings. The Hall–Kier alpha value is -2.60. The highest BCUT2D eigenvalue weighted by molar-refractivity contribution is 5.53. The lowest BCUT2D eigenvalue weighted by molar-refractivity contribution is -0.385. The first kappa shape index (κ1) is 14.8. The van der Waals surface area contributed by atoms with Crippen LogP contribution in [0, 0.1) is 10.1 Å². The molecule has 6 heteroatoms. The molecule has 0 amide bonds. The van der Waals surface area contributed by atoms with Crippen molar-refractivity contribution in [2.24, 2.45) is 0 Å². The minimum absolute atomic E-state index is 0.131. The fraction of sp³-hybridized carbons (Fsp3) is 0.200. The van der Waals surface area contributed by atoms with E-state index in [1.807, 2.05) is 25.2 Å². The van der Waals surface area contributed by atoms with Gasteiger partial charge < -0.3 is 14.8 Å². The number of nitrogens with zero attached hydrogens (tertiary/aromatic N) is 1. The molecule has 0 bridgehead atoms. The molecule has 0 saturated heterocycles. The van der Waals surface area contributed by atoms with Crippen LogP contribution in [0.4, 0.5) is 5.69 Å². The zero-order valence-electron chi connectivity index (χ0n) is 11.8. The van der Waals surface area contributed by atoms with Crippen molar-refractivity contribution in [3.63, 3.8) is 0 Å². The first-order valence-corrected chi connectivity index (χ1v) is 6.38. The van der Waals surface area contributed by atoms with Crippen LogP contribution in [0.1, 0.15) is 5.56 Å². The number of hydrogen-bond acceptors (Lipinski definition) is 5. The summed E-state index contributed by atoms with van der Waals surface area (Å²) < 4.78 is 10.7. The Kier molecular flexibility index (Phi) is 4.73. The van der Waals surface area contributed by atoms with Gasteiger partial charge in [0.2, 0.25) is 5.75 Å². The molecule has 2 rings (SSSR count). The van der Waals surface area contributed by atoms with Gasteiger partial charge in [-0.05, 0) is 25.2 Å². The van der Waals surface area contributed by atoms with E-state index in [1.54, 1.807) is 12.1 Å². The Labute approximate surface area is 122 Å². The van der Waals surface area contributed by atoms with E-state index in [9.17, 15) is 10.1 Å². The van der Waals surface area contributed by atoms with Gasteiger partial charge in [0, 0.05) is 12.1 Å². The minimum Gasteiger partial charge on any atom is -0.496 e. The number of nitro benzene ring substituents is 1. The highest BCUT2D eigenvalue weighted by atomic mass is 16.6. The predicted octanol–water partition coefficient (Wildman–Crippen LogP) is 3.12. The normalized spacial score (nSPS) is 10.2. The number of methoxy groups -OCH3 is 1. The van der Waals surface area contributed by atoms with Gasteiger partial charge in [0.15, 0.2) is 0 Å². The van der Waals surface area contributed by atoms with E-state index in [1.165, 1.54) is 19.2 Å². The topological polar surface area (TPSA) is 73.6 Å². The van der Waals surface area contributed by atoms with E-state index in [0.29, 0.717) is 18.0 Å². The first-order chi connectivity index (χ1) is 10.2. The standard InChI is InChI=1S/C15H16N2O4/c1-16-10-11-5-3-4-6-14(11)21-15-8-7-12(20-2)9-13(15)17(18)19/h3-9,16H,10H2,1-2H3. The van der Waals surface area contributed by atoms with Gasteiger partial charge >= 0.3 is 5.69 Å². The van der Waals surface area contributed by atoms with Gasteiger partial charge in [-0.2, -0.15) is 0 Å². The SMILES string of the molecule is CNCc1ccccc1Oc1ccc(OC)cc1[N+](=O)[O-]. The molecular weight excluding hydrogens is 272 g/mol. The van der Waals surface area contributed by atoms with Crippen molar-refractivity contribution >= 4 is 5.69 Å². The monoisotopic (exact) mass is 288 g/mol. The molecule has 0 fully saturated rings. The highest BCUT2D eigenvalue weighted by Gasteiger charge is 2.18. The lowest BCUT2D eigenvalue weighted by Gasteiger charge is -2.11. The third kappa shape index (κ3) is 3.49. The van der Waals surface area contributed by atoms with Crippen molar-refractivity contribution in [1.29, 1.82) is 0 Å². The van der Waals surface area contributed by atoms with Crippen LogP contribution in [0.15, 0.2) is 42.5 Å². The van der Waals surface area contributed by atoms with E-state index < -0.39 is 4.92 Å². The van der Waals surface area contributed by atoms with Crippen molar-refractivity contribution < 1.29 is 14.4 Å². The highest BCUT2D eigenvalue weighted by Crippen LogP contribution is 2.35. The molecule has 2 aromatic carbocycles. The lowest BCUT2D eigenvalue weighted by Crippen LogP contribution is -2.06. The molecule has 0 unspecified atom stereocenters. The first-order valence-electron chi connectivity index (χ1n) is 6.38. The zero-order valence-corrected chi connectivity index (χ0v) is 11.8. The fourth-order valence-electron chi connectivity index (χ4n) is 1.91. The van der Waals surface area contributed by atoms with Gasteiger partial charge in [0.05, 0.1) is 18.1 Å². The van der Waals surface area contributed by atoms with Crippen LogP contribution in [0.3, 0.4) is 0 Å². The summed E-state index contributed by atoms with van der Waals surface area (Å²) in [5.74, 6) is 1.18. The van der Waals surface area contributed by atoms with Gasteiger partial charge in [-0.1, -0.05) is 18.2 Å². The van der Waals surface area contributed by atoms with Crippen LogP contribution in [-0.4, -0.2) is 19.1 Å². The van der Waals surface area contributed by atoms with Crippen LogP contribution < -0.4 is 14.8 Å². The Balaban J connectivity index is 2.37. The number of ether oxygens (including phenoxy) is 2. The van der Waals surface area contributed by atoms with Gasteiger partial charge in [0.25, 0.3) is 0 Å². The number of benzene rings is 2. The average Bonchev–Trinajstić information content (AvgIpc) is 2.49. The van der Waals surface area contributed by atoms with Crippen LogP contribution >= 0.6 is 0 Å². The molecule has 6 nitrogen and oxygen atoms in total. The maximum atomic E-state index is 11.1. The molecule has 0 heterocycles. The van der Waals surface area contributed by atoms with Crippen molar-refractivity contribution in [3.8, 4) is 17.2 Å². The van der Waals surface area contributed by atoms with Gasteiger partial charge in [0.1, 0.15) is 11.5 Å². The molecular formula is C15H16N2O4. The van der Waals surface area contributed by atoms with Crippen LogP contribution in [0.5, 0.6) is 17.2 Å². The quantitative estimate of drug-likeness (QED) is 0.653. The molecule has 0 aliphatic rings. The Morgan fingerprint density at radius 3 is 2.62 bits per heavy atom. The summed E-state index contributed by atoms with van der Waals surface area (Å²) >= 11 is 0. The molecule has 0 spiro atoms. The van der Waals surface area contributed by atoms with Gasteiger partial charge in [-0.15, -0.1) is 0 Å². The number of hydrogen-bond donors (Lipinski definition) is 1. The third-order valence-corrected chi connectivity index (χ3v) is 2.92. The van der Waals surface area contributed by atoms with Crippen molar-refractivity contribution in [3.05, 3.63) is 58.1 Å². The van der Waals surface area contributed by atoms with Gasteiger partial charge in [-0.3, -0.25) is 10.1 Å². The third-order valence-electron chi connectivity index (χ3n) is 2.92.